The molecule has 2 aromatic rings. The number of hydrogen-bond donors (Lipinski definition) is 2. The summed E-state index contributed by atoms with van der Waals surface area (Å²) in [4.78, 5) is 19.9. The normalized spacial score (nSPS) is 26.2. The average Bonchev–Trinajstić information content (AvgIpc) is 2.89. The molecule has 4 aliphatic heterocycles. The lowest BCUT2D eigenvalue weighted by Gasteiger charge is -2.51. The molecule has 2 aromatic carbocycles. The summed E-state index contributed by atoms with van der Waals surface area (Å²) in [5, 5.41) is 14.9. The van der Waals surface area contributed by atoms with Crippen molar-refractivity contribution in [2.75, 3.05) is 62.6 Å². The van der Waals surface area contributed by atoms with Crippen LogP contribution in [-0.4, -0.2) is 74.2 Å². The molecule has 0 aromatic heterocycles. The van der Waals surface area contributed by atoms with Gasteiger partial charge in [0.05, 0.1) is 11.6 Å². The van der Waals surface area contributed by atoms with Gasteiger partial charge in [-0.3, -0.25) is 9.80 Å². The molecule has 4 aliphatic rings. The smallest absolute Gasteiger partial charge is 0.319 e. The number of piperidine rings is 3. The first-order chi connectivity index (χ1) is 17.1. The highest BCUT2D eigenvalue weighted by molar-refractivity contribution is 5.89. The van der Waals surface area contributed by atoms with Gasteiger partial charge in [-0.25, -0.2) is 9.18 Å². The number of carbonyl (C=O) groups is 1. The number of nitrogens with zero attached hydrogens (tertiary/aromatic N) is 4. The molecule has 0 spiro atoms. The van der Waals surface area contributed by atoms with Crippen LogP contribution in [0.25, 0.3) is 0 Å². The van der Waals surface area contributed by atoms with Gasteiger partial charge in [0.1, 0.15) is 5.82 Å². The Bertz CT molecular complexity index is 1060. The van der Waals surface area contributed by atoms with E-state index in [0.717, 1.165) is 57.9 Å². The minimum Gasteiger partial charge on any atom is -0.369 e. The van der Waals surface area contributed by atoms with E-state index in [4.69, 9.17) is 5.26 Å². The fourth-order valence-corrected chi connectivity index (χ4v) is 5.89. The highest BCUT2D eigenvalue weighted by Crippen LogP contribution is 2.36. The van der Waals surface area contributed by atoms with Crippen molar-refractivity contribution in [3.05, 3.63) is 59.9 Å². The van der Waals surface area contributed by atoms with Crippen LogP contribution in [0.1, 0.15) is 18.4 Å². The number of rotatable bonds is 6. The van der Waals surface area contributed by atoms with Crippen LogP contribution in [-0.2, 0) is 0 Å². The molecular formula is C27H33FN6O. The Morgan fingerprint density at radius 3 is 2.60 bits per heavy atom. The van der Waals surface area contributed by atoms with E-state index in [9.17, 15) is 9.18 Å². The number of anilines is 2. The monoisotopic (exact) mass is 476 g/mol. The van der Waals surface area contributed by atoms with Gasteiger partial charge in [-0.15, -0.1) is 0 Å². The Morgan fingerprint density at radius 1 is 1.09 bits per heavy atom. The maximum atomic E-state index is 13.2. The Labute approximate surface area is 206 Å². The van der Waals surface area contributed by atoms with Crippen LogP contribution < -0.4 is 15.5 Å². The van der Waals surface area contributed by atoms with Crippen LogP contribution >= 0.6 is 0 Å². The topological polar surface area (TPSA) is 74.6 Å². The molecule has 2 amide bonds. The van der Waals surface area contributed by atoms with E-state index in [2.05, 4.69) is 31.4 Å². The molecule has 4 unspecified atom stereocenters. The number of halogens is 1. The number of amides is 2. The lowest BCUT2D eigenvalue weighted by atomic mass is 9.75. The Kier molecular flexibility index (Phi) is 7.16. The van der Waals surface area contributed by atoms with Gasteiger partial charge in [0.25, 0.3) is 0 Å². The highest BCUT2D eigenvalue weighted by Gasteiger charge is 2.40. The number of fused-ring (bicyclic) bond motifs is 3. The van der Waals surface area contributed by atoms with Crippen molar-refractivity contribution < 1.29 is 9.18 Å². The maximum Gasteiger partial charge on any atom is 0.319 e. The van der Waals surface area contributed by atoms with Crippen molar-refractivity contribution in [2.45, 2.75) is 18.9 Å². The third-order valence-corrected chi connectivity index (χ3v) is 7.82. The summed E-state index contributed by atoms with van der Waals surface area (Å²) in [5.74, 6) is 1.20. The predicted octanol–water partition coefficient (Wildman–Crippen LogP) is 3.35. The van der Waals surface area contributed by atoms with E-state index in [1.54, 1.807) is 24.3 Å². The average molecular weight is 477 g/mol. The Morgan fingerprint density at radius 2 is 1.89 bits per heavy atom. The zero-order chi connectivity index (χ0) is 24.2. The van der Waals surface area contributed by atoms with Crippen molar-refractivity contribution in [1.82, 2.24) is 15.1 Å². The minimum atomic E-state index is -0.224. The minimum absolute atomic E-state index is 0.186. The summed E-state index contributed by atoms with van der Waals surface area (Å²) in [6.07, 6.45) is 2.37. The molecule has 2 N–H and O–H groups in total. The third-order valence-electron chi connectivity index (χ3n) is 7.82. The molecule has 8 heteroatoms. The molecule has 4 fully saturated rings. The van der Waals surface area contributed by atoms with Crippen molar-refractivity contribution in [3.8, 4) is 6.07 Å². The Hall–Kier alpha value is -3.15. The van der Waals surface area contributed by atoms with E-state index in [1.165, 1.54) is 18.6 Å². The molecule has 6 rings (SSSR count). The second-order valence-corrected chi connectivity index (χ2v) is 9.99. The van der Waals surface area contributed by atoms with E-state index < -0.39 is 0 Å². The van der Waals surface area contributed by atoms with Gasteiger partial charge in [0.15, 0.2) is 0 Å². The Balaban J connectivity index is 1.06. The molecule has 4 atom stereocenters. The van der Waals surface area contributed by atoms with Gasteiger partial charge >= 0.3 is 6.03 Å². The number of benzene rings is 2. The fraction of sp³-hybridized carbons (Fsp3) is 0.481. The van der Waals surface area contributed by atoms with Gasteiger partial charge in [-0.05, 0) is 73.7 Å². The molecule has 2 bridgehead atoms. The summed E-state index contributed by atoms with van der Waals surface area (Å²) in [5.41, 5.74) is 2.26. The van der Waals surface area contributed by atoms with Crippen LogP contribution in [0, 0.1) is 29.0 Å². The van der Waals surface area contributed by atoms with Crippen LogP contribution in [0.5, 0.6) is 0 Å². The van der Waals surface area contributed by atoms with Crippen molar-refractivity contribution in [3.63, 3.8) is 0 Å². The fourth-order valence-electron chi connectivity index (χ4n) is 5.89. The van der Waals surface area contributed by atoms with E-state index >= 15 is 0 Å². The lowest BCUT2D eigenvalue weighted by molar-refractivity contribution is -0.0114. The van der Waals surface area contributed by atoms with E-state index in [-0.39, 0.29) is 11.8 Å². The molecule has 35 heavy (non-hydrogen) atoms. The summed E-state index contributed by atoms with van der Waals surface area (Å²) in [6.45, 7) is 8.02. The number of nitrogens with one attached hydrogen (secondary N) is 2. The standard InChI is InChI=1S/C27H33FN6O/c28-23-4-6-25(7-5-23)33-12-10-32(11-13-33)18-22-19-34-9-8-21(22)15-26(34)17-30-27(35)31-24-3-1-2-20(14-24)16-29/h1-7,14,21-22,26H,8-13,15,17-19H2,(H2,30,31,35). The predicted molar refractivity (Wildman–Crippen MR) is 135 cm³/mol. The van der Waals surface area contributed by atoms with Gasteiger partial charge in [0, 0.05) is 63.2 Å². The molecule has 0 radical (unpaired) electrons. The molecule has 184 valence electrons. The second kappa shape index (κ2) is 10.6. The summed E-state index contributed by atoms with van der Waals surface area (Å²) in [7, 11) is 0. The molecule has 0 aliphatic carbocycles. The third kappa shape index (κ3) is 5.75. The van der Waals surface area contributed by atoms with Crippen LogP contribution in [0.3, 0.4) is 0 Å². The first-order valence-corrected chi connectivity index (χ1v) is 12.6. The van der Waals surface area contributed by atoms with Gasteiger partial charge in [-0.2, -0.15) is 5.26 Å². The number of carbonyl (C=O) groups excluding carboxylic acids is 1. The summed E-state index contributed by atoms with van der Waals surface area (Å²) < 4.78 is 13.2. The number of hydrogen-bond acceptors (Lipinski definition) is 5. The van der Waals surface area contributed by atoms with Crippen LogP contribution in [0.15, 0.2) is 48.5 Å². The summed E-state index contributed by atoms with van der Waals surface area (Å²) in [6, 6.07) is 16.0. The highest BCUT2D eigenvalue weighted by atomic mass is 19.1. The molecule has 4 saturated heterocycles. The van der Waals surface area contributed by atoms with Crippen molar-refractivity contribution in [2.24, 2.45) is 11.8 Å². The van der Waals surface area contributed by atoms with Crippen molar-refractivity contribution >= 4 is 17.4 Å². The number of piperazine rings is 1. The summed E-state index contributed by atoms with van der Waals surface area (Å²) >= 11 is 0. The lowest BCUT2D eigenvalue weighted by Crippen LogP contribution is -2.59. The maximum absolute atomic E-state index is 13.2. The SMILES string of the molecule is N#Cc1cccc(NC(=O)NCC2CC3CCN2CC3CN2CCN(c3ccc(F)cc3)CC2)c1. The number of urea groups is 1. The zero-order valence-electron chi connectivity index (χ0n) is 20.0. The van der Waals surface area contributed by atoms with Crippen LogP contribution in [0.2, 0.25) is 0 Å². The van der Waals surface area contributed by atoms with Gasteiger partial charge < -0.3 is 15.5 Å². The first kappa shape index (κ1) is 23.6. The zero-order valence-corrected chi connectivity index (χ0v) is 20.0. The van der Waals surface area contributed by atoms with Gasteiger partial charge in [0.2, 0.25) is 0 Å². The first-order valence-electron chi connectivity index (χ1n) is 12.6. The molecular weight excluding hydrogens is 443 g/mol. The van der Waals surface area contributed by atoms with Gasteiger partial charge in [-0.1, -0.05) is 6.07 Å². The molecule has 0 saturated carbocycles. The largest absolute Gasteiger partial charge is 0.369 e. The quantitative estimate of drug-likeness (QED) is 0.669. The number of nitriles is 1. The van der Waals surface area contributed by atoms with E-state index in [1.807, 2.05) is 12.1 Å². The second-order valence-electron chi connectivity index (χ2n) is 9.99. The molecule has 7 nitrogen and oxygen atoms in total. The van der Waals surface area contributed by atoms with Crippen LogP contribution in [0.4, 0.5) is 20.6 Å². The van der Waals surface area contributed by atoms with E-state index in [0.29, 0.717) is 35.7 Å². The molecule has 4 heterocycles. The van der Waals surface area contributed by atoms with Crippen molar-refractivity contribution in [1.29, 1.82) is 5.26 Å².